The van der Waals surface area contributed by atoms with E-state index in [1.807, 2.05) is 24.3 Å². The molecule has 0 atom stereocenters. The highest BCUT2D eigenvalue weighted by Crippen LogP contribution is 2.16. The summed E-state index contributed by atoms with van der Waals surface area (Å²) >= 11 is 0. The van der Waals surface area contributed by atoms with E-state index >= 15 is 0 Å². The lowest BCUT2D eigenvalue weighted by atomic mass is 10.1. The lowest BCUT2D eigenvalue weighted by Crippen LogP contribution is -2.27. The lowest BCUT2D eigenvalue weighted by molar-refractivity contribution is 0.0987. The number of benzene rings is 1. The lowest BCUT2D eigenvalue weighted by Gasteiger charge is -2.16. The van der Waals surface area contributed by atoms with Crippen LogP contribution >= 0.6 is 0 Å². The zero-order valence-electron chi connectivity index (χ0n) is 11.0. The molecule has 5 heteroatoms. The summed E-state index contributed by atoms with van der Waals surface area (Å²) in [4.78, 5) is 13.7. The van der Waals surface area contributed by atoms with E-state index in [9.17, 15) is 4.79 Å². The fraction of sp³-hybridized carbons (Fsp3) is 0.214. The summed E-state index contributed by atoms with van der Waals surface area (Å²) in [5.41, 5.74) is 7.78. The first kappa shape index (κ1) is 13.0. The maximum Gasteiger partial charge on any atom is 0.278 e. The molecule has 0 fully saturated rings. The van der Waals surface area contributed by atoms with Crippen LogP contribution in [0.4, 0.5) is 11.5 Å². The van der Waals surface area contributed by atoms with Crippen LogP contribution in [0.2, 0.25) is 0 Å². The summed E-state index contributed by atoms with van der Waals surface area (Å²) in [6.45, 7) is 2.09. The van der Waals surface area contributed by atoms with E-state index in [2.05, 4.69) is 17.1 Å². The summed E-state index contributed by atoms with van der Waals surface area (Å²) in [6, 6.07) is 11.0. The summed E-state index contributed by atoms with van der Waals surface area (Å²) < 4.78 is 0. The number of carbonyl (C=O) groups excluding carboxylic acids is 1. The Morgan fingerprint density at radius 1 is 1.16 bits per heavy atom. The van der Waals surface area contributed by atoms with Gasteiger partial charge >= 0.3 is 0 Å². The standard InChI is InChI=1S/C14H16N4O/c1-3-10-4-6-11(7-5-10)18(2)14(19)12-8-9-13(15)17-16-12/h4-9H,3H2,1-2H3,(H2,15,17). The van der Waals surface area contributed by atoms with Crippen LogP contribution in [-0.2, 0) is 6.42 Å². The van der Waals surface area contributed by atoms with Crippen LogP contribution in [0.25, 0.3) is 0 Å². The average Bonchev–Trinajstić information content (AvgIpc) is 2.46. The van der Waals surface area contributed by atoms with E-state index < -0.39 is 0 Å². The Hall–Kier alpha value is -2.43. The molecule has 19 heavy (non-hydrogen) atoms. The third-order valence-corrected chi connectivity index (χ3v) is 2.94. The van der Waals surface area contributed by atoms with Gasteiger partial charge in [0.05, 0.1) is 0 Å². The van der Waals surface area contributed by atoms with Crippen LogP contribution in [0, 0.1) is 0 Å². The number of amides is 1. The predicted molar refractivity (Wildman–Crippen MR) is 75.0 cm³/mol. The van der Waals surface area contributed by atoms with Gasteiger partial charge in [-0.3, -0.25) is 4.79 Å². The highest BCUT2D eigenvalue weighted by Gasteiger charge is 2.15. The van der Waals surface area contributed by atoms with Gasteiger partial charge in [-0.25, -0.2) is 0 Å². The Balaban J connectivity index is 2.20. The summed E-state index contributed by atoms with van der Waals surface area (Å²) in [5.74, 6) is 0.0863. The predicted octanol–water partition coefficient (Wildman–Crippen LogP) is 1.90. The van der Waals surface area contributed by atoms with Crippen LogP contribution in [-0.4, -0.2) is 23.2 Å². The monoisotopic (exact) mass is 256 g/mol. The quantitative estimate of drug-likeness (QED) is 0.910. The molecule has 1 amide bonds. The molecule has 0 aliphatic heterocycles. The van der Waals surface area contributed by atoms with Crippen molar-refractivity contribution in [2.75, 3.05) is 17.7 Å². The summed E-state index contributed by atoms with van der Waals surface area (Å²) in [5, 5.41) is 7.48. The first-order valence-electron chi connectivity index (χ1n) is 6.08. The molecule has 0 unspecified atom stereocenters. The second-order valence-corrected chi connectivity index (χ2v) is 4.23. The highest BCUT2D eigenvalue weighted by atomic mass is 16.2. The molecule has 1 aromatic carbocycles. The van der Waals surface area contributed by atoms with Gasteiger partial charge in [-0.05, 0) is 36.2 Å². The van der Waals surface area contributed by atoms with Crippen molar-refractivity contribution in [1.82, 2.24) is 10.2 Å². The molecular weight excluding hydrogens is 240 g/mol. The molecule has 0 bridgehead atoms. The number of hydrogen-bond acceptors (Lipinski definition) is 4. The third kappa shape index (κ3) is 2.88. The minimum absolute atomic E-state index is 0.211. The first-order valence-corrected chi connectivity index (χ1v) is 6.08. The van der Waals surface area contributed by atoms with Crippen molar-refractivity contribution in [2.45, 2.75) is 13.3 Å². The van der Waals surface area contributed by atoms with Gasteiger partial charge in [0.25, 0.3) is 5.91 Å². The van der Waals surface area contributed by atoms with Gasteiger partial charge in [-0.1, -0.05) is 19.1 Å². The Morgan fingerprint density at radius 2 is 1.84 bits per heavy atom. The molecule has 0 aliphatic rings. The Morgan fingerprint density at radius 3 is 2.37 bits per heavy atom. The van der Waals surface area contributed by atoms with E-state index in [1.165, 1.54) is 5.56 Å². The molecule has 5 nitrogen and oxygen atoms in total. The molecule has 0 saturated carbocycles. The van der Waals surface area contributed by atoms with E-state index in [0.29, 0.717) is 5.82 Å². The summed E-state index contributed by atoms with van der Waals surface area (Å²) in [6.07, 6.45) is 0.974. The van der Waals surface area contributed by atoms with Gasteiger partial charge in [0.1, 0.15) is 5.82 Å². The van der Waals surface area contributed by atoms with Crippen LogP contribution in [0.15, 0.2) is 36.4 Å². The molecule has 0 saturated heterocycles. The van der Waals surface area contributed by atoms with Gasteiger partial charge < -0.3 is 10.6 Å². The minimum atomic E-state index is -0.211. The molecule has 1 heterocycles. The molecule has 0 radical (unpaired) electrons. The number of aryl methyl sites for hydroxylation is 1. The first-order chi connectivity index (χ1) is 9.11. The Bertz CT molecular complexity index is 563. The van der Waals surface area contributed by atoms with E-state index in [-0.39, 0.29) is 11.6 Å². The van der Waals surface area contributed by atoms with Crippen molar-refractivity contribution >= 4 is 17.4 Å². The number of rotatable bonds is 3. The summed E-state index contributed by atoms with van der Waals surface area (Å²) in [7, 11) is 1.71. The van der Waals surface area contributed by atoms with Crippen LogP contribution in [0.5, 0.6) is 0 Å². The highest BCUT2D eigenvalue weighted by molar-refractivity contribution is 6.04. The van der Waals surface area contributed by atoms with Gasteiger partial charge in [0.2, 0.25) is 0 Å². The molecule has 2 aromatic rings. The molecule has 98 valence electrons. The van der Waals surface area contributed by atoms with E-state index in [0.717, 1.165) is 12.1 Å². The van der Waals surface area contributed by atoms with Crippen molar-refractivity contribution in [1.29, 1.82) is 0 Å². The fourth-order valence-electron chi connectivity index (χ4n) is 1.70. The zero-order chi connectivity index (χ0) is 13.8. The van der Waals surface area contributed by atoms with E-state index in [1.54, 1.807) is 24.1 Å². The number of nitrogens with zero attached hydrogens (tertiary/aromatic N) is 3. The normalized spacial score (nSPS) is 10.2. The van der Waals surface area contributed by atoms with Crippen LogP contribution in [0.3, 0.4) is 0 Å². The molecular formula is C14H16N4O. The number of anilines is 2. The van der Waals surface area contributed by atoms with Crippen molar-refractivity contribution in [3.8, 4) is 0 Å². The van der Waals surface area contributed by atoms with Crippen molar-refractivity contribution in [2.24, 2.45) is 0 Å². The zero-order valence-corrected chi connectivity index (χ0v) is 11.0. The second-order valence-electron chi connectivity index (χ2n) is 4.23. The van der Waals surface area contributed by atoms with Gasteiger partial charge in [0.15, 0.2) is 5.69 Å². The largest absolute Gasteiger partial charge is 0.382 e. The molecule has 2 rings (SSSR count). The molecule has 2 N–H and O–H groups in total. The molecule has 1 aromatic heterocycles. The number of nitrogen functional groups attached to an aromatic ring is 1. The number of carbonyl (C=O) groups is 1. The molecule has 0 spiro atoms. The van der Waals surface area contributed by atoms with Gasteiger partial charge in [-0.15, -0.1) is 10.2 Å². The van der Waals surface area contributed by atoms with Crippen molar-refractivity contribution in [3.63, 3.8) is 0 Å². The number of nitrogens with two attached hydrogens (primary N) is 1. The van der Waals surface area contributed by atoms with E-state index in [4.69, 9.17) is 5.73 Å². The fourth-order valence-corrected chi connectivity index (χ4v) is 1.70. The smallest absolute Gasteiger partial charge is 0.278 e. The molecule has 0 aliphatic carbocycles. The Kier molecular flexibility index (Phi) is 3.75. The minimum Gasteiger partial charge on any atom is -0.382 e. The maximum atomic E-state index is 12.2. The van der Waals surface area contributed by atoms with Crippen LogP contribution < -0.4 is 10.6 Å². The third-order valence-electron chi connectivity index (χ3n) is 2.94. The topological polar surface area (TPSA) is 72.1 Å². The number of hydrogen-bond donors (Lipinski definition) is 1. The van der Waals surface area contributed by atoms with Crippen molar-refractivity contribution < 1.29 is 4.79 Å². The average molecular weight is 256 g/mol. The Labute approximate surface area is 112 Å². The number of aromatic nitrogens is 2. The van der Waals surface area contributed by atoms with Crippen LogP contribution in [0.1, 0.15) is 23.0 Å². The van der Waals surface area contributed by atoms with Gasteiger partial charge in [0, 0.05) is 12.7 Å². The van der Waals surface area contributed by atoms with Gasteiger partial charge in [-0.2, -0.15) is 0 Å². The van der Waals surface area contributed by atoms with Crippen molar-refractivity contribution in [3.05, 3.63) is 47.7 Å². The maximum absolute atomic E-state index is 12.2. The second kappa shape index (κ2) is 5.48. The SMILES string of the molecule is CCc1ccc(N(C)C(=O)c2ccc(N)nn2)cc1.